The van der Waals surface area contributed by atoms with E-state index in [0.717, 1.165) is 21.3 Å². The maximum atomic E-state index is 12.5. The number of rotatable bonds is 4. The fourth-order valence-corrected chi connectivity index (χ4v) is 3.46. The number of fused-ring (bicyclic) bond motifs is 1. The lowest BCUT2D eigenvalue weighted by Gasteiger charge is -2.05. The minimum absolute atomic E-state index is 0.161. The Morgan fingerprint density at radius 3 is 2.71 bits per heavy atom. The molecule has 0 saturated heterocycles. The molecular weight excluding hydrogens is 420 g/mol. The van der Waals surface area contributed by atoms with E-state index < -0.39 is 0 Å². The number of hydrogen-bond acceptors (Lipinski definition) is 4. The average Bonchev–Trinajstić information content (AvgIpc) is 3.11. The molecule has 1 amide bonds. The lowest BCUT2D eigenvalue weighted by atomic mass is 10.1. The minimum atomic E-state index is -0.161. The molecule has 4 aromatic rings. The third-order valence-corrected chi connectivity index (χ3v) is 4.94. The van der Waals surface area contributed by atoms with Crippen LogP contribution in [0.3, 0.4) is 0 Å². The molecule has 0 fully saturated rings. The van der Waals surface area contributed by atoms with Gasteiger partial charge in [0.25, 0.3) is 5.91 Å². The third-order valence-electron chi connectivity index (χ3n) is 4.32. The maximum Gasteiger partial charge on any atom is 0.255 e. The normalized spacial score (nSPS) is 10.8. The zero-order chi connectivity index (χ0) is 19.7. The predicted octanol–water partition coefficient (Wildman–Crippen LogP) is 5.83. The summed E-state index contributed by atoms with van der Waals surface area (Å²) in [7, 11) is 1.62. The van der Waals surface area contributed by atoms with Crippen molar-refractivity contribution in [3.63, 3.8) is 0 Å². The van der Waals surface area contributed by atoms with Crippen LogP contribution in [0.15, 0.2) is 69.6 Å². The molecule has 6 heteroatoms. The lowest BCUT2D eigenvalue weighted by molar-refractivity contribution is 0.102. The van der Waals surface area contributed by atoms with E-state index in [0.29, 0.717) is 28.2 Å². The van der Waals surface area contributed by atoms with E-state index in [1.807, 2.05) is 43.3 Å². The highest BCUT2D eigenvalue weighted by Gasteiger charge is 2.12. The van der Waals surface area contributed by atoms with Gasteiger partial charge in [0, 0.05) is 16.8 Å². The number of aromatic nitrogens is 1. The van der Waals surface area contributed by atoms with Gasteiger partial charge in [-0.3, -0.25) is 4.79 Å². The number of benzene rings is 3. The molecule has 0 aliphatic heterocycles. The van der Waals surface area contributed by atoms with Crippen molar-refractivity contribution in [2.24, 2.45) is 0 Å². The second kappa shape index (κ2) is 7.48. The molecule has 3 aromatic carbocycles. The Kier molecular flexibility index (Phi) is 4.88. The van der Waals surface area contributed by atoms with Crippen LogP contribution < -0.4 is 10.1 Å². The van der Waals surface area contributed by atoms with E-state index in [-0.39, 0.29) is 5.91 Å². The van der Waals surface area contributed by atoms with Crippen LogP contribution in [-0.4, -0.2) is 18.0 Å². The third kappa shape index (κ3) is 3.64. The van der Waals surface area contributed by atoms with Gasteiger partial charge < -0.3 is 14.5 Å². The second-order valence-corrected chi connectivity index (χ2v) is 7.23. The first-order valence-electron chi connectivity index (χ1n) is 8.66. The first-order valence-corrected chi connectivity index (χ1v) is 9.45. The first kappa shape index (κ1) is 18.3. The number of carbonyl (C=O) groups is 1. The Bertz CT molecular complexity index is 1180. The average molecular weight is 437 g/mol. The van der Waals surface area contributed by atoms with E-state index in [2.05, 4.69) is 26.2 Å². The van der Waals surface area contributed by atoms with Gasteiger partial charge in [-0.15, -0.1) is 0 Å². The van der Waals surface area contributed by atoms with E-state index in [4.69, 9.17) is 9.15 Å². The number of methoxy groups -OCH3 is 1. The maximum absolute atomic E-state index is 12.5. The fourth-order valence-electron chi connectivity index (χ4n) is 2.92. The van der Waals surface area contributed by atoms with Gasteiger partial charge in [-0.25, -0.2) is 4.98 Å². The van der Waals surface area contributed by atoms with E-state index in [9.17, 15) is 4.79 Å². The molecule has 140 valence electrons. The Morgan fingerprint density at radius 2 is 1.96 bits per heavy atom. The van der Waals surface area contributed by atoms with Gasteiger partial charge in [0.15, 0.2) is 5.58 Å². The highest BCUT2D eigenvalue weighted by Crippen LogP contribution is 2.32. The number of nitrogens with zero attached hydrogens (tertiary/aromatic N) is 1. The first-order chi connectivity index (χ1) is 13.5. The fraction of sp³-hybridized carbons (Fsp3) is 0.0909. The number of oxazole rings is 1. The Hall–Kier alpha value is -3.12. The highest BCUT2D eigenvalue weighted by molar-refractivity contribution is 9.10. The zero-order valence-electron chi connectivity index (χ0n) is 15.3. The zero-order valence-corrected chi connectivity index (χ0v) is 16.9. The molecule has 1 heterocycles. The van der Waals surface area contributed by atoms with Crippen molar-refractivity contribution >= 4 is 38.6 Å². The van der Waals surface area contributed by atoms with Gasteiger partial charge in [-0.05, 0) is 71.4 Å². The number of amides is 1. The molecule has 4 rings (SSSR count). The summed E-state index contributed by atoms with van der Waals surface area (Å²) >= 11 is 3.47. The van der Waals surface area contributed by atoms with Crippen LogP contribution in [-0.2, 0) is 0 Å². The summed E-state index contributed by atoms with van der Waals surface area (Å²) in [5.41, 5.74) is 4.46. The summed E-state index contributed by atoms with van der Waals surface area (Å²) in [5, 5.41) is 2.91. The Morgan fingerprint density at radius 1 is 1.11 bits per heavy atom. The quantitative estimate of drug-likeness (QED) is 0.437. The van der Waals surface area contributed by atoms with Gasteiger partial charge in [0.2, 0.25) is 5.89 Å². The number of carbonyl (C=O) groups excluding carboxylic acids is 1. The summed E-state index contributed by atoms with van der Waals surface area (Å²) in [6.07, 6.45) is 0. The molecule has 0 unspecified atom stereocenters. The summed E-state index contributed by atoms with van der Waals surface area (Å²) in [4.78, 5) is 17.0. The Labute approximate surface area is 170 Å². The number of aryl methyl sites for hydroxylation is 1. The van der Waals surface area contributed by atoms with Crippen molar-refractivity contribution in [3.8, 4) is 17.2 Å². The van der Waals surface area contributed by atoms with Crippen LogP contribution in [0.1, 0.15) is 15.9 Å². The van der Waals surface area contributed by atoms with Crippen LogP contribution in [0.2, 0.25) is 0 Å². The monoisotopic (exact) mass is 436 g/mol. The molecule has 5 nitrogen and oxygen atoms in total. The molecule has 0 aliphatic carbocycles. The van der Waals surface area contributed by atoms with Crippen LogP contribution in [0.5, 0.6) is 5.75 Å². The predicted molar refractivity (Wildman–Crippen MR) is 113 cm³/mol. The van der Waals surface area contributed by atoms with E-state index in [1.54, 1.807) is 31.4 Å². The van der Waals surface area contributed by atoms with Gasteiger partial charge in [-0.1, -0.05) is 17.7 Å². The van der Waals surface area contributed by atoms with Crippen LogP contribution in [0.25, 0.3) is 22.6 Å². The molecule has 0 saturated carbocycles. The van der Waals surface area contributed by atoms with Gasteiger partial charge >= 0.3 is 0 Å². The molecule has 0 atom stereocenters. The van der Waals surface area contributed by atoms with E-state index >= 15 is 0 Å². The number of hydrogen-bond donors (Lipinski definition) is 1. The van der Waals surface area contributed by atoms with Crippen LogP contribution >= 0.6 is 15.9 Å². The molecule has 28 heavy (non-hydrogen) atoms. The van der Waals surface area contributed by atoms with Crippen LogP contribution in [0, 0.1) is 6.92 Å². The van der Waals surface area contributed by atoms with Crippen LogP contribution in [0.4, 0.5) is 5.69 Å². The molecule has 0 radical (unpaired) electrons. The second-order valence-electron chi connectivity index (χ2n) is 6.37. The van der Waals surface area contributed by atoms with Crippen molar-refractivity contribution in [2.75, 3.05) is 12.4 Å². The summed E-state index contributed by atoms with van der Waals surface area (Å²) in [6.45, 7) is 1.96. The number of halogens is 1. The smallest absolute Gasteiger partial charge is 0.255 e. The standard InChI is InChI=1S/C22H17BrN2O3/c1-13-4-3-5-14(10-13)21(26)24-16-7-9-20-18(12-16)25-22(28-20)15-6-8-19(27-2)17(23)11-15/h3-12H,1-2H3,(H,24,26). The molecule has 1 N–H and O–H groups in total. The van der Waals surface area contributed by atoms with Crippen molar-refractivity contribution < 1.29 is 13.9 Å². The molecule has 0 spiro atoms. The SMILES string of the molecule is COc1ccc(-c2nc3cc(NC(=O)c4cccc(C)c4)ccc3o2)cc1Br. The summed E-state index contributed by atoms with van der Waals surface area (Å²) < 4.78 is 11.9. The van der Waals surface area contributed by atoms with Crippen molar-refractivity contribution in [2.45, 2.75) is 6.92 Å². The molecular formula is C22H17BrN2O3. The van der Waals surface area contributed by atoms with Crippen molar-refractivity contribution in [3.05, 3.63) is 76.3 Å². The molecule has 0 aliphatic rings. The van der Waals surface area contributed by atoms with Crippen molar-refractivity contribution in [1.82, 2.24) is 4.98 Å². The Balaban J connectivity index is 1.61. The number of ether oxygens (including phenoxy) is 1. The topological polar surface area (TPSA) is 64.4 Å². The van der Waals surface area contributed by atoms with Crippen molar-refractivity contribution in [1.29, 1.82) is 0 Å². The molecule has 1 aromatic heterocycles. The number of nitrogens with one attached hydrogen (secondary N) is 1. The molecule has 0 bridgehead atoms. The largest absolute Gasteiger partial charge is 0.496 e. The summed E-state index contributed by atoms with van der Waals surface area (Å²) in [6, 6.07) is 18.5. The van der Waals surface area contributed by atoms with E-state index in [1.165, 1.54) is 0 Å². The lowest BCUT2D eigenvalue weighted by Crippen LogP contribution is -2.11. The number of anilines is 1. The van der Waals surface area contributed by atoms with Gasteiger partial charge in [0.1, 0.15) is 11.3 Å². The minimum Gasteiger partial charge on any atom is -0.496 e. The van der Waals surface area contributed by atoms with Gasteiger partial charge in [-0.2, -0.15) is 0 Å². The summed E-state index contributed by atoms with van der Waals surface area (Å²) in [5.74, 6) is 1.08. The van der Waals surface area contributed by atoms with Gasteiger partial charge in [0.05, 0.1) is 11.6 Å². The highest BCUT2D eigenvalue weighted by atomic mass is 79.9.